The molecule has 0 saturated carbocycles. The SMILES string of the molecule is CCCCCCCCCCCCCCCCCC[N+](C)(C)CCC[Si](C)(O)O.[Cl-]. The Balaban J connectivity index is 0. The highest BCUT2D eigenvalue weighted by Crippen LogP contribution is 2.15. The summed E-state index contributed by atoms with van der Waals surface area (Å²) in [5.74, 6) is 0. The monoisotopic (exact) mass is 451 g/mol. The number of quaternary nitrogens is 1. The first-order valence-corrected chi connectivity index (χ1v) is 15.1. The average Bonchev–Trinajstić information content (AvgIpc) is 2.60. The third-order valence-electron chi connectivity index (χ3n) is 6.03. The zero-order valence-corrected chi connectivity index (χ0v) is 22.1. The number of halogens is 1. The molecule has 0 spiro atoms. The van der Waals surface area contributed by atoms with Gasteiger partial charge in [-0.1, -0.05) is 96.8 Å². The molecule has 3 nitrogen and oxygen atoms in total. The van der Waals surface area contributed by atoms with Crippen LogP contribution in [0.5, 0.6) is 0 Å². The van der Waals surface area contributed by atoms with E-state index < -0.39 is 8.56 Å². The summed E-state index contributed by atoms with van der Waals surface area (Å²) < 4.78 is 1.02. The second kappa shape index (κ2) is 20.3. The Kier molecular flexibility index (Phi) is 22.1. The van der Waals surface area contributed by atoms with Crippen molar-refractivity contribution in [2.45, 2.75) is 129 Å². The molecule has 0 aliphatic rings. The lowest BCUT2D eigenvalue weighted by Gasteiger charge is -2.30. The summed E-state index contributed by atoms with van der Waals surface area (Å²) in [4.78, 5) is 19.1. The molecular formula is C24H54ClNO2Si. The lowest BCUT2D eigenvalue weighted by molar-refractivity contribution is -0.890. The van der Waals surface area contributed by atoms with Crippen LogP contribution >= 0.6 is 0 Å². The molecule has 29 heavy (non-hydrogen) atoms. The summed E-state index contributed by atoms with van der Waals surface area (Å²) >= 11 is 0. The Morgan fingerprint density at radius 2 is 0.862 bits per heavy atom. The van der Waals surface area contributed by atoms with Crippen LogP contribution in [0.1, 0.15) is 116 Å². The van der Waals surface area contributed by atoms with E-state index in [1.54, 1.807) is 6.55 Å². The summed E-state index contributed by atoms with van der Waals surface area (Å²) in [6, 6.07) is 0.605. The van der Waals surface area contributed by atoms with Crippen LogP contribution in [-0.2, 0) is 0 Å². The van der Waals surface area contributed by atoms with Crippen LogP contribution < -0.4 is 12.4 Å². The molecule has 0 aromatic heterocycles. The van der Waals surface area contributed by atoms with E-state index in [1.165, 1.54) is 109 Å². The zero-order valence-electron chi connectivity index (χ0n) is 20.4. The molecule has 0 aliphatic carbocycles. The third kappa shape index (κ3) is 26.4. The molecule has 0 amide bonds. The van der Waals surface area contributed by atoms with Crippen LogP contribution in [0.25, 0.3) is 0 Å². The van der Waals surface area contributed by atoms with Crippen LogP contribution in [0.4, 0.5) is 0 Å². The van der Waals surface area contributed by atoms with Crippen LogP contribution in [0.2, 0.25) is 12.6 Å². The van der Waals surface area contributed by atoms with Gasteiger partial charge in [-0.2, -0.15) is 0 Å². The fraction of sp³-hybridized carbons (Fsp3) is 1.00. The molecule has 0 heterocycles. The molecule has 0 aromatic carbocycles. The summed E-state index contributed by atoms with van der Waals surface area (Å²) in [7, 11) is 1.71. The highest BCUT2D eigenvalue weighted by Gasteiger charge is 2.23. The van der Waals surface area contributed by atoms with Gasteiger partial charge in [0.1, 0.15) is 0 Å². The smallest absolute Gasteiger partial charge is 0.329 e. The van der Waals surface area contributed by atoms with Gasteiger partial charge in [0.2, 0.25) is 0 Å². The quantitative estimate of drug-likeness (QED) is 0.158. The first kappa shape index (κ1) is 31.6. The highest BCUT2D eigenvalue weighted by atomic mass is 35.5. The van der Waals surface area contributed by atoms with Crippen molar-refractivity contribution in [2.75, 3.05) is 27.2 Å². The fourth-order valence-electron chi connectivity index (χ4n) is 4.04. The molecule has 0 aliphatic heterocycles. The first-order valence-electron chi connectivity index (χ1n) is 12.5. The maximum Gasteiger partial charge on any atom is 0.329 e. The van der Waals surface area contributed by atoms with Crippen molar-refractivity contribution in [1.29, 1.82) is 0 Å². The lowest BCUT2D eigenvalue weighted by atomic mass is 10.0. The molecule has 0 rings (SSSR count). The molecule has 2 N–H and O–H groups in total. The zero-order chi connectivity index (χ0) is 21.1. The van der Waals surface area contributed by atoms with E-state index in [0.717, 1.165) is 17.4 Å². The minimum Gasteiger partial charge on any atom is -1.00 e. The predicted molar refractivity (Wildman–Crippen MR) is 127 cm³/mol. The van der Waals surface area contributed by atoms with E-state index in [0.29, 0.717) is 6.04 Å². The molecule has 0 radical (unpaired) electrons. The number of unbranched alkanes of at least 4 members (excludes halogenated alkanes) is 15. The van der Waals surface area contributed by atoms with Crippen molar-refractivity contribution in [3.05, 3.63) is 0 Å². The Labute approximate surface area is 190 Å². The van der Waals surface area contributed by atoms with Crippen molar-refractivity contribution < 1.29 is 26.5 Å². The maximum atomic E-state index is 9.53. The number of nitrogens with zero attached hydrogens (tertiary/aromatic N) is 1. The van der Waals surface area contributed by atoms with Gasteiger partial charge in [-0.25, -0.2) is 0 Å². The molecule has 0 saturated heterocycles. The van der Waals surface area contributed by atoms with Crippen molar-refractivity contribution in [2.24, 2.45) is 0 Å². The predicted octanol–water partition coefficient (Wildman–Crippen LogP) is 3.78. The van der Waals surface area contributed by atoms with Crippen LogP contribution in [-0.4, -0.2) is 49.8 Å². The van der Waals surface area contributed by atoms with Gasteiger partial charge >= 0.3 is 8.56 Å². The summed E-state index contributed by atoms with van der Waals surface area (Å²) in [6.45, 7) is 6.18. The lowest BCUT2D eigenvalue weighted by Crippen LogP contribution is -3.00. The Morgan fingerprint density at radius 1 is 0.552 bits per heavy atom. The summed E-state index contributed by atoms with van der Waals surface area (Å²) in [5, 5.41) is 0. The van der Waals surface area contributed by atoms with E-state index >= 15 is 0 Å². The molecule has 0 aromatic rings. The standard InChI is InChI=1S/C24H54NO2Si.ClH/c1-5-6-7-8-9-10-11-12-13-14-15-16-17-18-19-20-22-25(2,3)23-21-24-28(4,26)27;/h26-27H,5-24H2,1-4H3;1H/q+1;/p-1. The minimum atomic E-state index is -2.84. The van der Waals surface area contributed by atoms with E-state index in [4.69, 9.17) is 0 Å². The summed E-state index contributed by atoms with van der Waals surface area (Å²) in [6.07, 6.45) is 23.6. The molecule has 0 unspecified atom stereocenters. The minimum absolute atomic E-state index is 0. The van der Waals surface area contributed by atoms with Gasteiger partial charge in [0.05, 0.1) is 27.2 Å². The maximum absolute atomic E-state index is 9.53. The Hall–Kier alpha value is 0.387. The van der Waals surface area contributed by atoms with E-state index in [1.807, 2.05) is 0 Å². The number of hydrogen-bond donors (Lipinski definition) is 2. The topological polar surface area (TPSA) is 40.5 Å². The molecule has 178 valence electrons. The van der Waals surface area contributed by atoms with Crippen LogP contribution in [0.3, 0.4) is 0 Å². The molecule has 5 heteroatoms. The van der Waals surface area contributed by atoms with Crippen molar-refractivity contribution in [3.63, 3.8) is 0 Å². The summed E-state index contributed by atoms with van der Waals surface area (Å²) in [5.41, 5.74) is 0. The Morgan fingerprint density at radius 3 is 1.21 bits per heavy atom. The fourth-order valence-corrected chi connectivity index (χ4v) is 4.87. The molecular weight excluding hydrogens is 398 g/mol. The van der Waals surface area contributed by atoms with Crippen molar-refractivity contribution >= 4 is 8.56 Å². The van der Waals surface area contributed by atoms with Gasteiger partial charge in [-0.3, -0.25) is 0 Å². The second-order valence-electron chi connectivity index (χ2n) is 10.0. The van der Waals surface area contributed by atoms with Crippen LogP contribution in [0, 0.1) is 0 Å². The second-order valence-corrected chi connectivity index (χ2v) is 12.9. The number of rotatable bonds is 21. The Bertz CT molecular complexity index is 335. The molecule has 0 bridgehead atoms. The van der Waals surface area contributed by atoms with Gasteiger partial charge in [-0.05, 0) is 31.9 Å². The van der Waals surface area contributed by atoms with Gasteiger partial charge < -0.3 is 26.5 Å². The van der Waals surface area contributed by atoms with E-state index in [9.17, 15) is 9.59 Å². The van der Waals surface area contributed by atoms with Gasteiger partial charge in [-0.15, -0.1) is 0 Å². The van der Waals surface area contributed by atoms with Crippen molar-refractivity contribution in [3.8, 4) is 0 Å². The average molecular weight is 452 g/mol. The molecule has 0 fully saturated rings. The van der Waals surface area contributed by atoms with E-state index in [2.05, 4.69) is 21.0 Å². The molecule has 0 atom stereocenters. The first-order chi connectivity index (χ1) is 13.3. The van der Waals surface area contributed by atoms with Crippen LogP contribution in [0.15, 0.2) is 0 Å². The third-order valence-corrected chi connectivity index (χ3v) is 7.33. The van der Waals surface area contributed by atoms with Gasteiger partial charge in [0, 0.05) is 0 Å². The van der Waals surface area contributed by atoms with Gasteiger partial charge in [0.25, 0.3) is 0 Å². The van der Waals surface area contributed by atoms with Crippen molar-refractivity contribution in [1.82, 2.24) is 0 Å². The normalized spacial score (nSPS) is 12.2. The number of hydrogen-bond acceptors (Lipinski definition) is 2. The van der Waals surface area contributed by atoms with E-state index in [-0.39, 0.29) is 12.4 Å². The largest absolute Gasteiger partial charge is 1.00 e. The highest BCUT2D eigenvalue weighted by molar-refractivity contribution is 6.63. The van der Waals surface area contributed by atoms with Gasteiger partial charge in [0.15, 0.2) is 0 Å².